The number of benzene rings is 2. The molecule has 3 heterocycles. The van der Waals surface area contributed by atoms with Gasteiger partial charge >= 0.3 is 0 Å². The van der Waals surface area contributed by atoms with Gasteiger partial charge in [-0.05, 0) is 29.8 Å². The summed E-state index contributed by atoms with van der Waals surface area (Å²) in [7, 11) is -3.00. The molecule has 0 unspecified atom stereocenters. The lowest BCUT2D eigenvalue weighted by Gasteiger charge is -2.10. The van der Waals surface area contributed by atoms with Crippen LogP contribution in [0.1, 0.15) is 11.3 Å². The Balaban J connectivity index is 1.35. The summed E-state index contributed by atoms with van der Waals surface area (Å²) in [6.45, 7) is 1.53. The molecule has 0 radical (unpaired) electrons. The lowest BCUT2D eigenvalue weighted by Crippen LogP contribution is -2.22. The predicted molar refractivity (Wildman–Crippen MR) is 137 cm³/mol. The van der Waals surface area contributed by atoms with Crippen LogP contribution in [0.25, 0.3) is 21.8 Å². The second-order valence-electron chi connectivity index (χ2n) is 8.41. The quantitative estimate of drug-likeness (QED) is 0.304. The van der Waals surface area contributed by atoms with Gasteiger partial charge in [0.15, 0.2) is 0 Å². The molecule has 0 saturated heterocycles. The van der Waals surface area contributed by atoms with E-state index in [2.05, 4.69) is 48.9 Å². The van der Waals surface area contributed by atoms with Crippen molar-refractivity contribution in [3.8, 4) is 0 Å². The van der Waals surface area contributed by atoms with Gasteiger partial charge in [0.1, 0.15) is 22.0 Å². The summed E-state index contributed by atoms with van der Waals surface area (Å²) < 4.78 is 24.6. The molecule has 0 aliphatic carbocycles. The predicted octanol–water partition coefficient (Wildman–Crippen LogP) is 3.30. The first kappa shape index (κ1) is 22.9. The van der Waals surface area contributed by atoms with Crippen LogP contribution in [0.2, 0.25) is 0 Å². The van der Waals surface area contributed by atoms with Crippen molar-refractivity contribution < 1.29 is 8.42 Å². The first-order valence-electron chi connectivity index (χ1n) is 11.2. The van der Waals surface area contributed by atoms with Crippen molar-refractivity contribution in [3.63, 3.8) is 0 Å². The molecule has 5 rings (SSSR count). The van der Waals surface area contributed by atoms with Crippen LogP contribution in [0.5, 0.6) is 0 Å². The molecule has 2 N–H and O–H groups in total. The molecule has 0 spiro atoms. The highest BCUT2D eigenvalue weighted by atomic mass is 32.2. The van der Waals surface area contributed by atoms with Crippen molar-refractivity contribution in [1.29, 1.82) is 0 Å². The maximum Gasteiger partial charge on any atom is 0.148 e. The van der Waals surface area contributed by atoms with Gasteiger partial charge in [-0.2, -0.15) is 5.10 Å². The molecule has 178 valence electrons. The molecule has 3 aromatic heterocycles. The van der Waals surface area contributed by atoms with E-state index in [1.54, 1.807) is 6.20 Å². The Bertz CT molecular complexity index is 1580. The fraction of sp³-hybridized carbons (Fsp3) is 0.200. The van der Waals surface area contributed by atoms with Gasteiger partial charge in [0.05, 0.1) is 41.4 Å². The summed E-state index contributed by atoms with van der Waals surface area (Å²) in [6.07, 6.45) is 6.30. The molecular weight excluding hydrogens is 462 g/mol. The maximum absolute atomic E-state index is 11.3. The van der Waals surface area contributed by atoms with E-state index in [1.165, 1.54) is 18.1 Å². The Morgan fingerprint density at radius 1 is 0.971 bits per heavy atom. The molecule has 0 saturated carbocycles. The number of rotatable bonds is 9. The molecule has 5 aromatic rings. The highest BCUT2D eigenvalue weighted by molar-refractivity contribution is 7.90. The minimum Gasteiger partial charge on any atom is -0.340 e. The standard InChI is InChI=1S/C25H25N7O2S/c1-35(33,34)10-9-26-14-21-12-22-23(15-27-21)28-17-29-25(22)31-20-7-8-24-19(11-20)13-30-32(24)16-18-5-3-2-4-6-18/h2-8,11-13,15,17,26H,9-10,14,16H2,1H3,(H,28,29,31). The third-order valence-corrected chi connectivity index (χ3v) is 6.56. The summed E-state index contributed by atoms with van der Waals surface area (Å²) in [5, 5.41) is 12.9. The highest BCUT2D eigenvalue weighted by Crippen LogP contribution is 2.26. The number of pyridine rings is 1. The first-order chi connectivity index (χ1) is 16.9. The van der Waals surface area contributed by atoms with E-state index in [9.17, 15) is 8.42 Å². The van der Waals surface area contributed by atoms with Crippen LogP contribution in [0.3, 0.4) is 0 Å². The summed E-state index contributed by atoms with van der Waals surface area (Å²) in [4.78, 5) is 13.2. The summed E-state index contributed by atoms with van der Waals surface area (Å²) in [5.74, 6) is 0.756. The van der Waals surface area contributed by atoms with Crippen LogP contribution in [-0.2, 0) is 22.9 Å². The molecule has 10 heteroatoms. The smallest absolute Gasteiger partial charge is 0.148 e. The minimum atomic E-state index is -3.00. The van der Waals surface area contributed by atoms with E-state index >= 15 is 0 Å². The van der Waals surface area contributed by atoms with Crippen LogP contribution in [0, 0.1) is 0 Å². The van der Waals surface area contributed by atoms with Gasteiger partial charge < -0.3 is 10.6 Å². The molecule has 9 nitrogen and oxygen atoms in total. The first-order valence-corrected chi connectivity index (χ1v) is 13.3. The van der Waals surface area contributed by atoms with Crippen LogP contribution in [0.15, 0.2) is 73.3 Å². The van der Waals surface area contributed by atoms with Gasteiger partial charge in [0.2, 0.25) is 0 Å². The van der Waals surface area contributed by atoms with Gasteiger partial charge in [-0.15, -0.1) is 0 Å². The summed E-state index contributed by atoms with van der Waals surface area (Å²) in [6, 6.07) is 18.3. The Kier molecular flexibility index (Phi) is 6.39. The Labute approximate surface area is 203 Å². The third-order valence-electron chi connectivity index (χ3n) is 5.61. The number of sulfone groups is 1. The van der Waals surface area contributed by atoms with Crippen LogP contribution >= 0.6 is 0 Å². The lowest BCUT2D eigenvalue weighted by atomic mass is 10.2. The Morgan fingerprint density at radius 3 is 2.66 bits per heavy atom. The minimum absolute atomic E-state index is 0.0842. The Morgan fingerprint density at radius 2 is 1.83 bits per heavy atom. The lowest BCUT2D eigenvalue weighted by molar-refractivity contribution is 0.596. The molecular formula is C25H25N7O2S. The number of aromatic nitrogens is 5. The largest absolute Gasteiger partial charge is 0.340 e. The van der Waals surface area contributed by atoms with Crippen molar-refractivity contribution in [2.45, 2.75) is 13.1 Å². The number of anilines is 2. The second kappa shape index (κ2) is 9.77. The fourth-order valence-corrected chi connectivity index (χ4v) is 4.37. The number of hydrogen-bond donors (Lipinski definition) is 2. The number of fused-ring (bicyclic) bond motifs is 2. The molecule has 0 aliphatic heterocycles. The van der Waals surface area contributed by atoms with Crippen molar-refractivity contribution in [2.24, 2.45) is 0 Å². The normalized spacial score (nSPS) is 11.8. The van der Waals surface area contributed by atoms with E-state index in [1.807, 2.05) is 47.3 Å². The fourth-order valence-electron chi connectivity index (χ4n) is 3.86. The third kappa shape index (κ3) is 5.61. The SMILES string of the molecule is CS(=O)(=O)CCNCc1cc2c(Nc3ccc4c(cnn4Cc4ccccc4)c3)ncnc2cn1. The van der Waals surface area contributed by atoms with Crippen molar-refractivity contribution in [2.75, 3.05) is 23.9 Å². The topological polar surface area (TPSA) is 115 Å². The molecule has 0 atom stereocenters. The van der Waals surface area contributed by atoms with Crippen molar-refractivity contribution >= 4 is 43.1 Å². The monoisotopic (exact) mass is 487 g/mol. The second-order valence-corrected chi connectivity index (χ2v) is 10.7. The zero-order valence-electron chi connectivity index (χ0n) is 19.2. The van der Waals surface area contributed by atoms with E-state index in [4.69, 9.17) is 0 Å². The van der Waals surface area contributed by atoms with Crippen LogP contribution in [-0.4, -0.2) is 51.7 Å². The van der Waals surface area contributed by atoms with E-state index < -0.39 is 9.84 Å². The highest BCUT2D eigenvalue weighted by Gasteiger charge is 2.09. The molecule has 35 heavy (non-hydrogen) atoms. The van der Waals surface area contributed by atoms with E-state index in [-0.39, 0.29) is 5.75 Å². The number of nitrogens with zero attached hydrogens (tertiary/aromatic N) is 5. The summed E-state index contributed by atoms with van der Waals surface area (Å²) >= 11 is 0. The maximum atomic E-state index is 11.3. The van der Waals surface area contributed by atoms with Gasteiger partial charge in [-0.25, -0.2) is 18.4 Å². The average Bonchev–Trinajstić information content (AvgIpc) is 3.24. The van der Waals surface area contributed by atoms with Gasteiger partial charge in [0.25, 0.3) is 0 Å². The zero-order chi connectivity index (χ0) is 24.3. The average molecular weight is 488 g/mol. The molecule has 0 aliphatic rings. The number of hydrogen-bond acceptors (Lipinski definition) is 8. The van der Waals surface area contributed by atoms with Crippen molar-refractivity contribution in [3.05, 3.63) is 84.6 Å². The Hall–Kier alpha value is -3.89. The van der Waals surface area contributed by atoms with E-state index in [0.717, 1.165) is 33.2 Å². The molecule has 0 fully saturated rings. The van der Waals surface area contributed by atoms with Gasteiger partial charge in [-0.3, -0.25) is 9.67 Å². The molecule has 0 bridgehead atoms. The van der Waals surface area contributed by atoms with Crippen LogP contribution < -0.4 is 10.6 Å². The van der Waals surface area contributed by atoms with Crippen LogP contribution in [0.4, 0.5) is 11.5 Å². The van der Waals surface area contributed by atoms with Gasteiger partial charge in [0, 0.05) is 35.8 Å². The number of nitrogens with one attached hydrogen (secondary N) is 2. The van der Waals surface area contributed by atoms with E-state index in [0.29, 0.717) is 25.5 Å². The molecule has 2 aromatic carbocycles. The summed E-state index contributed by atoms with van der Waals surface area (Å²) in [5.41, 5.74) is 4.64. The zero-order valence-corrected chi connectivity index (χ0v) is 20.0. The van der Waals surface area contributed by atoms with Gasteiger partial charge in [-0.1, -0.05) is 30.3 Å². The molecule has 0 amide bonds. The van der Waals surface area contributed by atoms with Crippen molar-refractivity contribution in [1.82, 2.24) is 30.0 Å².